The maximum absolute atomic E-state index is 11.5. The molecular formula is C16H25NO2S. The number of benzene rings is 1. The van der Waals surface area contributed by atoms with Crippen molar-refractivity contribution in [3.63, 3.8) is 0 Å². The van der Waals surface area contributed by atoms with Crippen molar-refractivity contribution in [1.29, 1.82) is 0 Å². The van der Waals surface area contributed by atoms with Gasteiger partial charge in [0, 0.05) is 13.1 Å². The molecule has 4 heteroatoms. The Morgan fingerprint density at radius 1 is 1.30 bits per heavy atom. The Morgan fingerprint density at radius 3 is 2.55 bits per heavy atom. The van der Waals surface area contributed by atoms with Crippen LogP contribution in [0.15, 0.2) is 24.3 Å². The van der Waals surface area contributed by atoms with Crippen LogP contribution < -0.4 is 0 Å². The van der Waals surface area contributed by atoms with Gasteiger partial charge in [-0.3, -0.25) is 0 Å². The zero-order valence-electron chi connectivity index (χ0n) is 12.9. The van der Waals surface area contributed by atoms with E-state index in [0.717, 1.165) is 12.8 Å². The molecule has 0 unspecified atom stereocenters. The summed E-state index contributed by atoms with van der Waals surface area (Å²) in [5, 5.41) is 0. The van der Waals surface area contributed by atoms with Crippen LogP contribution in [0.1, 0.15) is 38.3 Å². The van der Waals surface area contributed by atoms with Crippen molar-refractivity contribution in [2.45, 2.75) is 39.0 Å². The molecule has 0 bridgehead atoms. The van der Waals surface area contributed by atoms with Gasteiger partial charge in [-0.1, -0.05) is 45.0 Å². The molecule has 20 heavy (non-hydrogen) atoms. The highest BCUT2D eigenvalue weighted by atomic mass is 32.2. The Bertz CT molecular complexity index is 572. The van der Waals surface area contributed by atoms with Gasteiger partial charge >= 0.3 is 0 Å². The Labute approximate surface area is 123 Å². The number of hydrogen-bond donors (Lipinski definition) is 0. The largest absolute Gasteiger partial charge is 0.213 e. The van der Waals surface area contributed by atoms with E-state index >= 15 is 0 Å². The Kier molecular flexibility index (Phi) is 4.26. The van der Waals surface area contributed by atoms with E-state index in [4.69, 9.17) is 0 Å². The van der Waals surface area contributed by atoms with E-state index in [-0.39, 0.29) is 5.41 Å². The maximum atomic E-state index is 11.5. The van der Waals surface area contributed by atoms with Crippen LogP contribution in [0.25, 0.3) is 0 Å². The van der Waals surface area contributed by atoms with E-state index in [1.165, 1.54) is 17.4 Å². The Balaban J connectivity index is 2.05. The number of rotatable bonds is 3. The van der Waals surface area contributed by atoms with Crippen molar-refractivity contribution in [1.82, 2.24) is 4.31 Å². The highest BCUT2D eigenvalue weighted by Crippen LogP contribution is 2.26. The molecule has 0 saturated carbocycles. The molecule has 1 aromatic carbocycles. The molecule has 1 heterocycles. The van der Waals surface area contributed by atoms with Crippen molar-refractivity contribution in [2.24, 2.45) is 5.92 Å². The lowest BCUT2D eigenvalue weighted by Crippen LogP contribution is -2.27. The van der Waals surface area contributed by atoms with Crippen molar-refractivity contribution >= 4 is 10.0 Å². The molecule has 0 N–H and O–H groups in total. The molecule has 0 spiro atoms. The number of nitrogens with zero attached hydrogens (tertiary/aromatic N) is 1. The zero-order valence-corrected chi connectivity index (χ0v) is 13.7. The fourth-order valence-electron chi connectivity index (χ4n) is 2.76. The summed E-state index contributed by atoms with van der Waals surface area (Å²) in [6.07, 6.45) is 3.23. The molecule has 3 nitrogen and oxygen atoms in total. The molecule has 0 aliphatic carbocycles. The molecule has 1 atom stereocenters. The lowest BCUT2D eigenvalue weighted by Gasteiger charge is -2.20. The second kappa shape index (κ2) is 5.49. The molecule has 1 aromatic rings. The fourth-order valence-corrected chi connectivity index (χ4v) is 3.68. The molecule has 0 aromatic heterocycles. The summed E-state index contributed by atoms with van der Waals surface area (Å²) < 4.78 is 24.7. The molecule has 0 radical (unpaired) electrons. The van der Waals surface area contributed by atoms with Crippen LogP contribution in [-0.4, -0.2) is 32.1 Å². The Hall–Kier alpha value is -0.870. The van der Waals surface area contributed by atoms with Gasteiger partial charge in [0.05, 0.1) is 6.26 Å². The molecule has 1 fully saturated rings. The van der Waals surface area contributed by atoms with E-state index in [1.54, 1.807) is 4.31 Å². The summed E-state index contributed by atoms with van der Waals surface area (Å²) in [6, 6.07) is 8.70. The van der Waals surface area contributed by atoms with E-state index in [1.807, 2.05) is 0 Å². The average Bonchev–Trinajstić information content (AvgIpc) is 2.76. The summed E-state index contributed by atoms with van der Waals surface area (Å²) in [7, 11) is -3.03. The minimum atomic E-state index is -3.03. The van der Waals surface area contributed by atoms with Crippen LogP contribution >= 0.6 is 0 Å². The summed E-state index contributed by atoms with van der Waals surface area (Å²) in [4.78, 5) is 0. The van der Waals surface area contributed by atoms with E-state index in [0.29, 0.717) is 19.0 Å². The fraction of sp³-hybridized carbons (Fsp3) is 0.625. The second-order valence-corrected chi connectivity index (χ2v) is 8.91. The van der Waals surface area contributed by atoms with E-state index in [2.05, 4.69) is 45.0 Å². The normalized spacial score (nSPS) is 21.3. The minimum absolute atomic E-state index is 0.157. The molecule has 112 valence electrons. The Morgan fingerprint density at radius 2 is 2.00 bits per heavy atom. The van der Waals surface area contributed by atoms with Gasteiger partial charge in [0.1, 0.15) is 0 Å². The topological polar surface area (TPSA) is 37.4 Å². The molecule has 2 rings (SSSR count). The number of hydrogen-bond acceptors (Lipinski definition) is 2. The molecule has 1 aliphatic heterocycles. The van der Waals surface area contributed by atoms with Crippen LogP contribution in [-0.2, 0) is 21.9 Å². The van der Waals surface area contributed by atoms with Gasteiger partial charge in [-0.05, 0) is 35.3 Å². The predicted molar refractivity (Wildman–Crippen MR) is 83.4 cm³/mol. The molecule has 1 saturated heterocycles. The van der Waals surface area contributed by atoms with E-state index in [9.17, 15) is 8.42 Å². The highest BCUT2D eigenvalue weighted by molar-refractivity contribution is 7.88. The lowest BCUT2D eigenvalue weighted by molar-refractivity contribution is 0.460. The first-order valence-corrected chi connectivity index (χ1v) is 9.05. The van der Waals surface area contributed by atoms with Gasteiger partial charge in [-0.2, -0.15) is 0 Å². The average molecular weight is 295 g/mol. The van der Waals surface area contributed by atoms with Crippen molar-refractivity contribution in [3.8, 4) is 0 Å². The molecule has 1 aliphatic rings. The highest BCUT2D eigenvalue weighted by Gasteiger charge is 2.28. The summed E-state index contributed by atoms with van der Waals surface area (Å²) in [5.74, 6) is 0.444. The van der Waals surface area contributed by atoms with Crippen molar-refractivity contribution < 1.29 is 8.42 Å². The van der Waals surface area contributed by atoms with Gasteiger partial charge in [-0.15, -0.1) is 0 Å². The van der Waals surface area contributed by atoms with Crippen LogP contribution in [0.2, 0.25) is 0 Å². The van der Waals surface area contributed by atoms with Gasteiger partial charge in [0.2, 0.25) is 10.0 Å². The molecule has 0 amide bonds. The third kappa shape index (κ3) is 3.83. The van der Waals surface area contributed by atoms with Crippen LogP contribution in [0.4, 0.5) is 0 Å². The van der Waals surface area contributed by atoms with Gasteiger partial charge in [0.25, 0.3) is 0 Å². The van der Waals surface area contributed by atoms with E-state index < -0.39 is 10.0 Å². The standard InChI is InChI=1S/C16H25NO2S/c1-16(2,3)15-7-5-6-13(11-15)10-14-8-9-17(12-14)20(4,18)19/h5-7,11,14H,8-10,12H2,1-4H3/t14-/m0/s1. The monoisotopic (exact) mass is 295 g/mol. The van der Waals surface area contributed by atoms with Crippen LogP contribution in [0.3, 0.4) is 0 Å². The molecular weight excluding hydrogens is 270 g/mol. The third-order valence-electron chi connectivity index (χ3n) is 4.03. The van der Waals surface area contributed by atoms with Gasteiger partial charge < -0.3 is 0 Å². The summed E-state index contributed by atoms with van der Waals surface area (Å²) in [5.41, 5.74) is 2.82. The zero-order chi connectivity index (χ0) is 15.0. The SMILES string of the molecule is CC(C)(C)c1cccc(C[C@@H]2CCN(S(C)(=O)=O)C2)c1. The van der Waals surface area contributed by atoms with Crippen LogP contribution in [0, 0.1) is 5.92 Å². The van der Waals surface area contributed by atoms with Crippen LogP contribution in [0.5, 0.6) is 0 Å². The van der Waals surface area contributed by atoms with Crippen molar-refractivity contribution in [2.75, 3.05) is 19.3 Å². The minimum Gasteiger partial charge on any atom is -0.213 e. The third-order valence-corrected chi connectivity index (χ3v) is 5.30. The maximum Gasteiger partial charge on any atom is 0.211 e. The predicted octanol–water partition coefficient (Wildman–Crippen LogP) is 2.81. The lowest BCUT2D eigenvalue weighted by atomic mass is 9.85. The van der Waals surface area contributed by atoms with Crippen molar-refractivity contribution in [3.05, 3.63) is 35.4 Å². The smallest absolute Gasteiger partial charge is 0.211 e. The first-order valence-electron chi connectivity index (χ1n) is 7.21. The number of sulfonamides is 1. The quantitative estimate of drug-likeness (QED) is 0.860. The van der Waals surface area contributed by atoms with Gasteiger partial charge in [0.15, 0.2) is 0 Å². The second-order valence-electron chi connectivity index (χ2n) is 6.93. The van der Waals surface area contributed by atoms with Gasteiger partial charge in [-0.25, -0.2) is 12.7 Å². The summed E-state index contributed by atoms with van der Waals surface area (Å²) >= 11 is 0. The first-order chi connectivity index (χ1) is 9.16. The first kappa shape index (κ1) is 15.5. The summed E-state index contributed by atoms with van der Waals surface area (Å²) in [6.45, 7) is 7.98.